The van der Waals surface area contributed by atoms with Crippen LogP contribution in [0.4, 0.5) is 4.79 Å². The van der Waals surface area contributed by atoms with Crippen molar-refractivity contribution in [3.05, 3.63) is 51.7 Å². The van der Waals surface area contributed by atoms with Crippen LogP contribution in [0.1, 0.15) is 12.5 Å². The third-order valence-electron chi connectivity index (χ3n) is 3.88. The minimum atomic E-state index is -0.525. The topological polar surface area (TPSA) is 102 Å². The van der Waals surface area contributed by atoms with Crippen LogP contribution in [0.3, 0.4) is 0 Å². The number of aryl methyl sites for hydroxylation is 1. The summed E-state index contributed by atoms with van der Waals surface area (Å²) in [5.74, 6) is -0.525. The van der Waals surface area contributed by atoms with Gasteiger partial charge < -0.3 is 15.4 Å². The van der Waals surface area contributed by atoms with E-state index in [1.54, 1.807) is 19.1 Å². The molecule has 0 bridgehead atoms. The highest BCUT2D eigenvalue weighted by Crippen LogP contribution is 2.12. The zero-order valence-electron chi connectivity index (χ0n) is 14.0. The third kappa shape index (κ3) is 3.37. The van der Waals surface area contributed by atoms with Crippen LogP contribution in [-0.2, 0) is 16.1 Å². The van der Waals surface area contributed by atoms with Crippen LogP contribution in [0.2, 0.25) is 0 Å². The van der Waals surface area contributed by atoms with Crippen molar-refractivity contribution in [2.24, 2.45) is 0 Å². The molecule has 0 radical (unpaired) electrons. The summed E-state index contributed by atoms with van der Waals surface area (Å²) in [5.41, 5.74) is 1.93. The van der Waals surface area contributed by atoms with Crippen molar-refractivity contribution in [1.82, 2.24) is 20.2 Å². The van der Waals surface area contributed by atoms with Gasteiger partial charge in [-0.05, 0) is 26.0 Å². The molecule has 2 amide bonds. The molecule has 1 aromatic heterocycles. The molecule has 0 spiro atoms. The lowest BCUT2D eigenvalue weighted by Crippen LogP contribution is -2.45. The van der Waals surface area contributed by atoms with E-state index in [1.807, 2.05) is 13.0 Å². The van der Waals surface area contributed by atoms with Gasteiger partial charge >= 0.3 is 12.0 Å². The third-order valence-corrected chi connectivity index (χ3v) is 3.88. The van der Waals surface area contributed by atoms with Gasteiger partial charge in [0.25, 0.3) is 5.56 Å². The molecule has 2 N–H and O–H groups in total. The molecule has 1 aliphatic rings. The number of nitrogens with zero attached hydrogens (tertiary/aromatic N) is 2. The van der Waals surface area contributed by atoms with Crippen molar-refractivity contribution in [2.45, 2.75) is 20.4 Å². The first-order valence-corrected chi connectivity index (χ1v) is 7.89. The second kappa shape index (κ2) is 6.76. The predicted octanol–water partition coefficient (Wildman–Crippen LogP) is 0.835. The molecule has 0 unspecified atom stereocenters. The second-order valence-corrected chi connectivity index (χ2v) is 5.68. The molecule has 1 aromatic carbocycles. The molecule has 0 saturated heterocycles. The average Bonchev–Trinajstić information content (AvgIpc) is 2.58. The normalized spacial score (nSPS) is 14.2. The van der Waals surface area contributed by atoms with E-state index < -0.39 is 12.0 Å². The minimum absolute atomic E-state index is 0.0251. The number of benzene rings is 1. The molecule has 1 aliphatic heterocycles. The average molecular weight is 342 g/mol. The number of carbonyl (C=O) groups is 2. The molecule has 0 saturated carbocycles. The molecule has 0 fully saturated rings. The van der Waals surface area contributed by atoms with Crippen LogP contribution >= 0.6 is 0 Å². The maximum atomic E-state index is 12.7. The van der Waals surface area contributed by atoms with E-state index in [4.69, 9.17) is 4.74 Å². The van der Waals surface area contributed by atoms with E-state index in [9.17, 15) is 14.4 Å². The molecule has 2 aromatic rings. The number of carbonyl (C=O) groups excluding carboxylic acids is 2. The van der Waals surface area contributed by atoms with Gasteiger partial charge in [0.05, 0.1) is 48.2 Å². The first kappa shape index (κ1) is 16.7. The number of hydrogen-bond acceptors (Lipinski definition) is 5. The smallest absolute Gasteiger partial charge is 0.337 e. The molecule has 8 heteroatoms. The number of rotatable bonds is 4. The largest absolute Gasteiger partial charge is 0.463 e. The number of allylic oxidation sites excluding steroid dienone is 1. The summed E-state index contributed by atoms with van der Waals surface area (Å²) in [6.45, 7) is 3.89. The second-order valence-electron chi connectivity index (χ2n) is 5.68. The zero-order valence-corrected chi connectivity index (χ0v) is 14.0. The highest BCUT2D eigenvalue weighted by atomic mass is 16.5. The maximum absolute atomic E-state index is 12.7. The fourth-order valence-corrected chi connectivity index (χ4v) is 2.64. The molecule has 130 valence electrons. The van der Waals surface area contributed by atoms with Crippen LogP contribution < -0.4 is 16.2 Å². The van der Waals surface area contributed by atoms with Crippen LogP contribution in [-0.4, -0.2) is 34.7 Å². The Hall–Kier alpha value is -3.16. The van der Waals surface area contributed by atoms with E-state index in [0.29, 0.717) is 16.6 Å². The highest BCUT2D eigenvalue weighted by Gasteiger charge is 2.24. The summed E-state index contributed by atoms with van der Waals surface area (Å²) in [5, 5.41) is 5.60. The Bertz CT molecular complexity index is 945. The van der Waals surface area contributed by atoms with E-state index >= 15 is 0 Å². The van der Waals surface area contributed by atoms with Crippen molar-refractivity contribution in [3.8, 4) is 0 Å². The standard InChI is InChI=1S/C17H18N4O4/c1-3-25-16(23)12-7-18-17(24)20-14(12)8-21-9-19-13-5-4-10(2)6-11(13)15(21)22/h4-6,9H,3,7-8H2,1-2H3,(H2,18,20,24). The Labute approximate surface area is 143 Å². The van der Waals surface area contributed by atoms with Gasteiger partial charge in [0.15, 0.2) is 0 Å². The quantitative estimate of drug-likeness (QED) is 0.802. The number of urea groups is 1. The number of ether oxygens (including phenoxy) is 1. The SMILES string of the molecule is CCOC(=O)C1=C(Cn2cnc3ccc(C)cc3c2=O)NC(=O)NC1. The van der Waals surface area contributed by atoms with Gasteiger partial charge in [-0.25, -0.2) is 14.6 Å². The number of hydrogen-bond donors (Lipinski definition) is 2. The summed E-state index contributed by atoms with van der Waals surface area (Å²) >= 11 is 0. The number of aromatic nitrogens is 2. The van der Waals surface area contributed by atoms with Gasteiger partial charge in [-0.2, -0.15) is 0 Å². The first-order chi connectivity index (χ1) is 12.0. The monoisotopic (exact) mass is 342 g/mol. The first-order valence-electron chi connectivity index (χ1n) is 7.89. The molecular weight excluding hydrogens is 324 g/mol. The predicted molar refractivity (Wildman–Crippen MR) is 90.9 cm³/mol. The van der Waals surface area contributed by atoms with Crippen molar-refractivity contribution in [3.63, 3.8) is 0 Å². The molecule has 0 aliphatic carbocycles. The summed E-state index contributed by atoms with van der Waals surface area (Å²) in [6.07, 6.45) is 1.41. The fraction of sp³-hybridized carbons (Fsp3) is 0.294. The van der Waals surface area contributed by atoms with Crippen LogP contribution in [0, 0.1) is 6.92 Å². The van der Waals surface area contributed by atoms with Crippen LogP contribution in [0.15, 0.2) is 40.6 Å². The summed E-state index contributed by atoms with van der Waals surface area (Å²) in [4.78, 5) is 40.7. The molecule has 25 heavy (non-hydrogen) atoms. The Morgan fingerprint density at radius 3 is 2.92 bits per heavy atom. The van der Waals surface area contributed by atoms with E-state index in [1.165, 1.54) is 10.9 Å². The number of esters is 1. The summed E-state index contributed by atoms with van der Waals surface area (Å²) in [7, 11) is 0. The zero-order chi connectivity index (χ0) is 18.0. The lowest BCUT2D eigenvalue weighted by molar-refractivity contribution is -0.138. The van der Waals surface area contributed by atoms with Gasteiger partial charge in [-0.1, -0.05) is 11.6 Å². The summed E-state index contributed by atoms with van der Waals surface area (Å²) in [6, 6.07) is 5.00. The van der Waals surface area contributed by atoms with Crippen molar-refractivity contribution in [1.29, 1.82) is 0 Å². The van der Waals surface area contributed by atoms with Crippen molar-refractivity contribution in [2.75, 3.05) is 13.2 Å². The van der Waals surface area contributed by atoms with Gasteiger partial charge in [-0.15, -0.1) is 0 Å². The van der Waals surface area contributed by atoms with Crippen LogP contribution in [0.5, 0.6) is 0 Å². The van der Waals surface area contributed by atoms with E-state index in [-0.39, 0.29) is 30.8 Å². The van der Waals surface area contributed by atoms with Crippen molar-refractivity contribution < 1.29 is 14.3 Å². The highest BCUT2D eigenvalue weighted by molar-refractivity contribution is 5.93. The Kier molecular flexibility index (Phi) is 4.51. The van der Waals surface area contributed by atoms with Gasteiger partial charge in [0.1, 0.15) is 0 Å². The molecule has 3 rings (SSSR count). The molecular formula is C17H18N4O4. The van der Waals surface area contributed by atoms with Crippen LogP contribution in [0.25, 0.3) is 10.9 Å². The molecule has 0 atom stereocenters. The van der Waals surface area contributed by atoms with Gasteiger partial charge in [0.2, 0.25) is 0 Å². The number of fused-ring (bicyclic) bond motifs is 1. The minimum Gasteiger partial charge on any atom is -0.463 e. The number of amides is 2. The Balaban J connectivity index is 2.03. The Morgan fingerprint density at radius 1 is 1.36 bits per heavy atom. The van der Waals surface area contributed by atoms with Crippen molar-refractivity contribution >= 4 is 22.9 Å². The van der Waals surface area contributed by atoms with E-state index in [2.05, 4.69) is 15.6 Å². The fourth-order valence-electron chi connectivity index (χ4n) is 2.64. The lowest BCUT2D eigenvalue weighted by atomic mass is 10.1. The lowest BCUT2D eigenvalue weighted by Gasteiger charge is -2.21. The Morgan fingerprint density at radius 2 is 2.16 bits per heavy atom. The van der Waals surface area contributed by atoms with E-state index in [0.717, 1.165) is 5.56 Å². The maximum Gasteiger partial charge on any atom is 0.337 e. The number of nitrogens with one attached hydrogen (secondary N) is 2. The molecule has 8 nitrogen and oxygen atoms in total. The summed E-state index contributed by atoms with van der Waals surface area (Å²) < 4.78 is 6.37. The van der Waals surface area contributed by atoms with Gasteiger partial charge in [-0.3, -0.25) is 9.36 Å². The molecule has 2 heterocycles. The van der Waals surface area contributed by atoms with Gasteiger partial charge in [0, 0.05) is 0 Å².